The summed E-state index contributed by atoms with van der Waals surface area (Å²) >= 11 is 1.24. The molecule has 0 saturated carbocycles. The molecule has 0 aliphatic rings. The van der Waals surface area contributed by atoms with E-state index in [2.05, 4.69) is 18.5 Å². The van der Waals surface area contributed by atoms with Gasteiger partial charge in [0.15, 0.2) is 0 Å². The fourth-order valence-electron chi connectivity index (χ4n) is 1.47. The molecule has 0 aromatic carbocycles. The van der Waals surface area contributed by atoms with Crippen LogP contribution in [-0.4, -0.2) is 32.9 Å². The third-order valence-electron chi connectivity index (χ3n) is 2.27. The smallest absolute Gasteiger partial charge is 0.253 e. The summed E-state index contributed by atoms with van der Waals surface area (Å²) in [7, 11) is -1.61. The highest BCUT2D eigenvalue weighted by atomic mass is 32.2. The summed E-state index contributed by atoms with van der Waals surface area (Å²) < 4.78 is 26.4. The van der Waals surface area contributed by atoms with Crippen molar-refractivity contribution in [1.29, 1.82) is 0 Å². The molecule has 0 spiro atoms. The summed E-state index contributed by atoms with van der Waals surface area (Å²) in [5.41, 5.74) is 0.971. The van der Waals surface area contributed by atoms with E-state index in [0.717, 1.165) is 5.56 Å². The highest BCUT2D eigenvalue weighted by Gasteiger charge is 2.24. The summed E-state index contributed by atoms with van der Waals surface area (Å²) in [5, 5.41) is 4.84. The molecule has 0 unspecified atom stereocenters. The molecular weight excluding hydrogens is 268 g/mol. The largest absolute Gasteiger partial charge is 0.316 e. The molecule has 1 rings (SSSR count). The number of nitrogens with one attached hydrogen (secondary N) is 1. The highest BCUT2D eigenvalue weighted by molar-refractivity contribution is 7.91. The van der Waals surface area contributed by atoms with Crippen LogP contribution in [0.5, 0.6) is 0 Å². The lowest BCUT2D eigenvalue weighted by molar-refractivity contribution is 0.476. The fourth-order valence-corrected chi connectivity index (χ4v) is 4.21. The van der Waals surface area contributed by atoms with Gasteiger partial charge in [-0.15, -0.1) is 24.5 Å². The molecule has 0 aliphatic carbocycles. The van der Waals surface area contributed by atoms with Crippen LogP contribution in [0.3, 0.4) is 0 Å². The van der Waals surface area contributed by atoms with Crippen molar-refractivity contribution in [3.63, 3.8) is 0 Å². The standard InChI is InChI=1S/C12H18N2O2S2/c1-4-6-14(7-5-2)18(15,16)12-8-11(9-13-3)10-17-12/h4-5,8,10,13H,1-2,6-7,9H2,3H3. The van der Waals surface area contributed by atoms with Gasteiger partial charge in [0, 0.05) is 19.6 Å². The highest BCUT2D eigenvalue weighted by Crippen LogP contribution is 2.23. The molecule has 0 atom stereocenters. The first-order valence-corrected chi connectivity index (χ1v) is 7.82. The van der Waals surface area contributed by atoms with E-state index in [9.17, 15) is 8.42 Å². The first-order chi connectivity index (χ1) is 8.56. The predicted molar refractivity (Wildman–Crippen MR) is 76.2 cm³/mol. The Morgan fingerprint density at radius 2 is 2.00 bits per heavy atom. The molecule has 18 heavy (non-hydrogen) atoms. The molecule has 0 aliphatic heterocycles. The first-order valence-electron chi connectivity index (χ1n) is 5.50. The van der Waals surface area contributed by atoms with E-state index in [-0.39, 0.29) is 13.1 Å². The Labute approximate surface area is 113 Å². The number of nitrogens with zero attached hydrogens (tertiary/aromatic N) is 1. The maximum absolute atomic E-state index is 12.4. The summed E-state index contributed by atoms with van der Waals surface area (Å²) in [4.78, 5) is 0. The van der Waals surface area contributed by atoms with Gasteiger partial charge in [0.05, 0.1) is 0 Å². The maximum atomic E-state index is 12.4. The van der Waals surface area contributed by atoms with Crippen molar-refractivity contribution >= 4 is 21.4 Å². The molecular formula is C12H18N2O2S2. The predicted octanol–water partition coefficient (Wildman–Crippen LogP) is 1.83. The van der Waals surface area contributed by atoms with Crippen molar-refractivity contribution in [2.24, 2.45) is 0 Å². The molecule has 6 heteroatoms. The van der Waals surface area contributed by atoms with Gasteiger partial charge in [-0.25, -0.2) is 8.42 Å². The van der Waals surface area contributed by atoms with Crippen molar-refractivity contribution in [3.8, 4) is 0 Å². The van der Waals surface area contributed by atoms with Gasteiger partial charge in [0.1, 0.15) is 4.21 Å². The molecule has 0 bridgehead atoms. The van der Waals surface area contributed by atoms with Gasteiger partial charge in [0.2, 0.25) is 0 Å². The second-order valence-corrected chi connectivity index (χ2v) is 6.78. The van der Waals surface area contributed by atoms with Crippen molar-refractivity contribution in [1.82, 2.24) is 9.62 Å². The van der Waals surface area contributed by atoms with E-state index < -0.39 is 10.0 Å². The SMILES string of the molecule is C=CCN(CC=C)S(=O)(=O)c1cc(CNC)cs1. The Hall–Kier alpha value is -0.950. The second kappa shape index (κ2) is 6.84. The monoisotopic (exact) mass is 286 g/mol. The van der Waals surface area contributed by atoms with Crippen LogP contribution in [0, 0.1) is 0 Å². The molecule has 0 amide bonds. The molecule has 1 aromatic heterocycles. The lowest BCUT2D eigenvalue weighted by Crippen LogP contribution is -2.30. The Kier molecular flexibility index (Phi) is 5.74. The Morgan fingerprint density at radius 3 is 2.50 bits per heavy atom. The first kappa shape index (κ1) is 15.1. The van der Waals surface area contributed by atoms with Gasteiger partial charge >= 0.3 is 0 Å². The normalized spacial score (nSPS) is 11.7. The summed E-state index contributed by atoms with van der Waals surface area (Å²) in [6, 6.07) is 1.70. The third-order valence-corrected chi connectivity index (χ3v) is 5.57. The van der Waals surface area contributed by atoms with Gasteiger partial charge in [0.25, 0.3) is 10.0 Å². The molecule has 1 heterocycles. The van der Waals surface area contributed by atoms with Crippen LogP contribution in [0.15, 0.2) is 41.0 Å². The molecule has 4 nitrogen and oxygen atoms in total. The number of thiophene rings is 1. The Morgan fingerprint density at radius 1 is 1.39 bits per heavy atom. The van der Waals surface area contributed by atoms with Crippen LogP contribution < -0.4 is 5.32 Å². The van der Waals surface area contributed by atoms with Crippen molar-refractivity contribution in [2.45, 2.75) is 10.8 Å². The van der Waals surface area contributed by atoms with Crippen molar-refractivity contribution in [3.05, 3.63) is 42.3 Å². The number of rotatable bonds is 8. The topological polar surface area (TPSA) is 49.4 Å². The van der Waals surface area contributed by atoms with Crippen molar-refractivity contribution in [2.75, 3.05) is 20.1 Å². The van der Waals surface area contributed by atoms with Crippen molar-refractivity contribution < 1.29 is 8.42 Å². The van der Waals surface area contributed by atoms with Gasteiger partial charge < -0.3 is 5.32 Å². The molecule has 0 fully saturated rings. The van der Waals surface area contributed by atoms with E-state index in [1.807, 2.05) is 12.4 Å². The number of sulfonamides is 1. The minimum Gasteiger partial charge on any atom is -0.316 e. The maximum Gasteiger partial charge on any atom is 0.253 e. The molecule has 100 valence electrons. The lowest BCUT2D eigenvalue weighted by atomic mass is 10.3. The van der Waals surface area contributed by atoms with Crippen LogP contribution in [0.2, 0.25) is 0 Å². The van der Waals surface area contributed by atoms with Crippen LogP contribution in [0.4, 0.5) is 0 Å². The third kappa shape index (κ3) is 3.52. The van der Waals surface area contributed by atoms with E-state index in [1.54, 1.807) is 18.2 Å². The van der Waals surface area contributed by atoms with Crippen LogP contribution in [0.1, 0.15) is 5.56 Å². The minimum absolute atomic E-state index is 0.285. The van der Waals surface area contributed by atoms with Gasteiger partial charge in [-0.2, -0.15) is 4.31 Å². The lowest BCUT2D eigenvalue weighted by Gasteiger charge is -2.17. The zero-order valence-electron chi connectivity index (χ0n) is 10.4. The van der Waals surface area contributed by atoms with E-state index in [1.165, 1.54) is 15.6 Å². The molecule has 0 radical (unpaired) electrons. The summed E-state index contributed by atoms with van der Waals surface area (Å²) in [5.74, 6) is 0. The summed E-state index contributed by atoms with van der Waals surface area (Å²) in [6.45, 7) is 8.39. The fraction of sp³-hybridized carbons (Fsp3) is 0.333. The van der Waals surface area contributed by atoms with E-state index in [4.69, 9.17) is 0 Å². The minimum atomic E-state index is -3.44. The Balaban J connectivity index is 3.01. The Bertz CT molecular complexity index is 496. The van der Waals surface area contributed by atoms with Crippen LogP contribution in [0.25, 0.3) is 0 Å². The van der Waals surface area contributed by atoms with Gasteiger partial charge in [-0.05, 0) is 24.1 Å². The average Bonchev–Trinajstić information content (AvgIpc) is 2.78. The van der Waals surface area contributed by atoms with E-state index >= 15 is 0 Å². The van der Waals surface area contributed by atoms with Crippen LogP contribution >= 0.6 is 11.3 Å². The molecule has 1 N–H and O–H groups in total. The number of hydrogen-bond donors (Lipinski definition) is 1. The van der Waals surface area contributed by atoms with Crippen LogP contribution in [-0.2, 0) is 16.6 Å². The average molecular weight is 286 g/mol. The zero-order chi connectivity index (χ0) is 13.6. The second-order valence-electron chi connectivity index (χ2n) is 3.70. The molecule has 1 aromatic rings. The number of hydrogen-bond acceptors (Lipinski definition) is 4. The molecule has 0 saturated heterocycles. The van der Waals surface area contributed by atoms with E-state index in [0.29, 0.717) is 10.8 Å². The summed E-state index contributed by atoms with van der Waals surface area (Å²) in [6.07, 6.45) is 3.15. The van der Waals surface area contributed by atoms with Gasteiger partial charge in [-0.1, -0.05) is 12.2 Å². The zero-order valence-corrected chi connectivity index (χ0v) is 12.1. The van der Waals surface area contributed by atoms with Gasteiger partial charge in [-0.3, -0.25) is 0 Å². The quantitative estimate of drug-likeness (QED) is 0.742.